The Morgan fingerprint density at radius 2 is 1.04 bits per heavy atom. The summed E-state index contributed by atoms with van der Waals surface area (Å²) in [6, 6.07) is 20.5. The highest BCUT2D eigenvalue weighted by atomic mass is 16.5. The minimum Gasteiger partial charge on any atom is -0.496 e. The summed E-state index contributed by atoms with van der Waals surface area (Å²) in [6.07, 6.45) is 3.34. The number of ether oxygens (including phenoxy) is 2. The van der Waals surface area contributed by atoms with Crippen molar-refractivity contribution in [3.63, 3.8) is 0 Å². The SMILES string of the molecule is COc1cc2c(cc1C(N)=O)ncn2Cc1ccc(B(O)O)cc1.COc1cc2ncn(Cc3ccc(B(O)O)cc3)c2cc1C(N)=O. The van der Waals surface area contributed by atoms with Gasteiger partial charge in [0, 0.05) is 25.2 Å². The van der Waals surface area contributed by atoms with E-state index in [4.69, 9.17) is 41.0 Å². The maximum atomic E-state index is 11.6. The van der Waals surface area contributed by atoms with Crippen LogP contribution in [0.25, 0.3) is 22.1 Å². The molecule has 0 bridgehead atoms. The fourth-order valence-corrected chi connectivity index (χ4v) is 5.13. The van der Waals surface area contributed by atoms with Gasteiger partial charge < -0.3 is 50.2 Å². The molecule has 16 heteroatoms. The van der Waals surface area contributed by atoms with Crippen LogP contribution in [0.1, 0.15) is 31.8 Å². The van der Waals surface area contributed by atoms with Gasteiger partial charge in [-0.15, -0.1) is 0 Å². The van der Waals surface area contributed by atoms with Gasteiger partial charge in [0.25, 0.3) is 11.8 Å². The lowest BCUT2D eigenvalue weighted by atomic mass is 9.80. The normalized spacial score (nSPS) is 10.8. The molecule has 2 aromatic heterocycles. The summed E-state index contributed by atoms with van der Waals surface area (Å²) in [5, 5.41) is 36.5. The van der Waals surface area contributed by atoms with Crippen molar-refractivity contribution in [1.82, 2.24) is 19.1 Å². The molecule has 48 heavy (non-hydrogen) atoms. The summed E-state index contributed by atoms with van der Waals surface area (Å²) in [5.74, 6) is -0.346. The Bertz CT molecular complexity index is 2080. The molecular weight excluding hydrogens is 618 g/mol. The number of fused-ring (bicyclic) bond motifs is 2. The van der Waals surface area contributed by atoms with Crippen molar-refractivity contribution in [2.45, 2.75) is 13.1 Å². The Labute approximate surface area is 275 Å². The van der Waals surface area contributed by atoms with Crippen LogP contribution in [0, 0.1) is 0 Å². The average Bonchev–Trinajstić information content (AvgIpc) is 3.66. The van der Waals surface area contributed by atoms with E-state index in [2.05, 4.69) is 9.97 Å². The summed E-state index contributed by atoms with van der Waals surface area (Å²) in [4.78, 5) is 31.7. The molecule has 0 fully saturated rings. The van der Waals surface area contributed by atoms with Crippen LogP contribution in [0.4, 0.5) is 0 Å². The second-order valence-electron chi connectivity index (χ2n) is 10.8. The summed E-state index contributed by atoms with van der Waals surface area (Å²) in [5.41, 5.74) is 17.0. The zero-order valence-corrected chi connectivity index (χ0v) is 26.0. The fourth-order valence-electron chi connectivity index (χ4n) is 5.13. The van der Waals surface area contributed by atoms with Crippen LogP contribution in [0.2, 0.25) is 0 Å². The van der Waals surface area contributed by atoms with Gasteiger partial charge in [-0.2, -0.15) is 0 Å². The molecule has 0 unspecified atom stereocenters. The van der Waals surface area contributed by atoms with Crippen LogP contribution in [0.3, 0.4) is 0 Å². The van der Waals surface area contributed by atoms with E-state index in [1.54, 1.807) is 73.3 Å². The van der Waals surface area contributed by atoms with Crippen molar-refractivity contribution in [3.8, 4) is 11.5 Å². The molecule has 8 N–H and O–H groups in total. The molecule has 0 spiro atoms. The molecule has 0 aliphatic rings. The third kappa shape index (κ3) is 7.32. The number of nitrogens with two attached hydrogens (primary N) is 2. The van der Waals surface area contributed by atoms with Gasteiger partial charge >= 0.3 is 14.2 Å². The molecule has 6 aromatic rings. The maximum Gasteiger partial charge on any atom is 0.488 e. The average molecular weight is 650 g/mol. The number of imidazole rings is 2. The Morgan fingerprint density at radius 3 is 1.46 bits per heavy atom. The molecular formula is C32H32B2N6O8. The molecule has 0 saturated carbocycles. The first-order valence-electron chi connectivity index (χ1n) is 14.5. The van der Waals surface area contributed by atoms with Crippen molar-refractivity contribution in [2.75, 3.05) is 14.2 Å². The third-order valence-electron chi connectivity index (χ3n) is 7.68. The molecule has 0 saturated heterocycles. The molecule has 0 radical (unpaired) electrons. The summed E-state index contributed by atoms with van der Waals surface area (Å²) in [7, 11) is -0.0158. The second-order valence-corrected chi connectivity index (χ2v) is 10.8. The summed E-state index contributed by atoms with van der Waals surface area (Å²) < 4.78 is 14.2. The minimum atomic E-state index is -1.49. The van der Waals surface area contributed by atoms with Gasteiger partial charge in [-0.05, 0) is 34.2 Å². The first kappa shape index (κ1) is 33.7. The molecule has 4 aromatic carbocycles. The van der Waals surface area contributed by atoms with E-state index in [0.717, 1.165) is 22.2 Å². The number of carbonyl (C=O) groups excluding carboxylic acids is 2. The van der Waals surface area contributed by atoms with E-state index >= 15 is 0 Å². The van der Waals surface area contributed by atoms with Gasteiger partial charge in [0.05, 0.1) is 60.1 Å². The quantitative estimate of drug-likeness (QED) is 0.107. The number of rotatable bonds is 10. The van der Waals surface area contributed by atoms with Crippen LogP contribution in [0.5, 0.6) is 11.5 Å². The van der Waals surface area contributed by atoms with Crippen molar-refractivity contribution in [2.24, 2.45) is 11.5 Å². The molecule has 0 aliphatic heterocycles. The highest BCUT2D eigenvalue weighted by molar-refractivity contribution is 6.58. The van der Waals surface area contributed by atoms with Gasteiger partial charge in [-0.25, -0.2) is 9.97 Å². The number of amides is 2. The molecule has 2 amide bonds. The Balaban J connectivity index is 0.000000188. The van der Waals surface area contributed by atoms with Crippen LogP contribution >= 0.6 is 0 Å². The number of benzene rings is 4. The standard InChI is InChI=1S/2C16H16BN3O4/c1-24-15-7-13-14(6-12(15)16(18)21)20(9-19-13)8-10-2-4-11(5-3-10)17(22)23;1-24-15-7-14-13(6-12(15)16(18)21)19-9-20(14)8-10-2-4-11(5-3-10)17(22)23/h2*2-7,9,22-23H,8H2,1H3,(H2,18,21). The first-order chi connectivity index (χ1) is 23.0. The lowest BCUT2D eigenvalue weighted by Crippen LogP contribution is -2.29. The number of carbonyl (C=O) groups is 2. The van der Waals surface area contributed by atoms with Gasteiger partial charge in [-0.1, -0.05) is 48.5 Å². The van der Waals surface area contributed by atoms with E-state index < -0.39 is 26.1 Å². The summed E-state index contributed by atoms with van der Waals surface area (Å²) in [6.45, 7) is 1.06. The molecule has 14 nitrogen and oxygen atoms in total. The predicted molar refractivity (Wildman–Crippen MR) is 180 cm³/mol. The van der Waals surface area contributed by atoms with Gasteiger partial charge in [-0.3, -0.25) is 9.59 Å². The monoisotopic (exact) mass is 650 g/mol. The molecule has 244 valence electrons. The Hall–Kier alpha value is -5.67. The van der Waals surface area contributed by atoms with Crippen LogP contribution in [-0.4, -0.2) is 79.5 Å². The van der Waals surface area contributed by atoms with Crippen LogP contribution < -0.4 is 31.9 Å². The fraction of sp³-hybridized carbons (Fsp3) is 0.125. The van der Waals surface area contributed by atoms with E-state index in [1.165, 1.54) is 14.2 Å². The molecule has 6 rings (SSSR count). The Kier molecular flexibility index (Phi) is 10.1. The predicted octanol–water partition coefficient (Wildman–Crippen LogP) is -0.256. The molecule has 2 heterocycles. The van der Waals surface area contributed by atoms with Crippen molar-refractivity contribution in [1.29, 1.82) is 0 Å². The van der Waals surface area contributed by atoms with E-state index in [9.17, 15) is 9.59 Å². The minimum absolute atomic E-state index is 0.288. The van der Waals surface area contributed by atoms with Crippen LogP contribution in [-0.2, 0) is 13.1 Å². The zero-order valence-electron chi connectivity index (χ0n) is 26.0. The van der Waals surface area contributed by atoms with Crippen LogP contribution in [0.15, 0.2) is 85.5 Å². The topological polar surface area (TPSA) is 221 Å². The number of primary amides is 2. The van der Waals surface area contributed by atoms with E-state index in [0.29, 0.717) is 52.1 Å². The van der Waals surface area contributed by atoms with Crippen molar-refractivity contribution < 1.29 is 39.2 Å². The lowest BCUT2D eigenvalue weighted by Gasteiger charge is -2.09. The highest BCUT2D eigenvalue weighted by Gasteiger charge is 2.16. The van der Waals surface area contributed by atoms with Gasteiger partial charge in [0.15, 0.2) is 0 Å². The highest BCUT2D eigenvalue weighted by Crippen LogP contribution is 2.27. The number of methoxy groups -OCH3 is 2. The van der Waals surface area contributed by atoms with Gasteiger partial charge in [0.1, 0.15) is 11.5 Å². The molecule has 0 aliphatic carbocycles. The van der Waals surface area contributed by atoms with Gasteiger partial charge in [0.2, 0.25) is 0 Å². The number of hydrogen-bond donors (Lipinski definition) is 6. The molecule has 0 atom stereocenters. The third-order valence-corrected chi connectivity index (χ3v) is 7.68. The number of nitrogens with zero attached hydrogens (tertiary/aromatic N) is 4. The van der Waals surface area contributed by atoms with E-state index in [1.807, 2.05) is 21.3 Å². The zero-order chi connectivity index (χ0) is 34.5. The smallest absolute Gasteiger partial charge is 0.488 e. The van der Waals surface area contributed by atoms with E-state index in [-0.39, 0.29) is 5.56 Å². The Morgan fingerprint density at radius 1 is 0.646 bits per heavy atom. The first-order valence-corrected chi connectivity index (χ1v) is 14.5. The number of aromatic nitrogens is 4. The largest absolute Gasteiger partial charge is 0.496 e. The van der Waals surface area contributed by atoms with Crippen molar-refractivity contribution in [3.05, 3.63) is 108 Å². The maximum absolute atomic E-state index is 11.6. The second kappa shape index (κ2) is 14.4. The van der Waals surface area contributed by atoms with Crippen molar-refractivity contribution >= 4 is 59.0 Å². The summed E-state index contributed by atoms with van der Waals surface area (Å²) >= 11 is 0. The number of hydrogen-bond acceptors (Lipinski definition) is 10. The lowest BCUT2D eigenvalue weighted by molar-refractivity contribution is 0.0989.